The number of benzene rings is 2. The summed E-state index contributed by atoms with van der Waals surface area (Å²) in [7, 11) is -3.64. The highest BCUT2D eigenvalue weighted by molar-refractivity contribution is 7.91. The third-order valence-electron chi connectivity index (χ3n) is 4.39. The van der Waals surface area contributed by atoms with E-state index in [1.54, 1.807) is 36.4 Å². The van der Waals surface area contributed by atoms with Gasteiger partial charge in [-0.1, -0.05) is 18.2 Å². The van der Waals surface area contributed by atoms with Crippen LogP contribution < -0.4 is 5.32 Å². The predicted molar refractivity (Wildman–Crippen MR) is 96.7 cm³/mol. The molecule has 4 rings (SSSR count). The second-order valence-corrected chi connectivity index (χ2v) is 7.81. The second-order valence-electron chi connectivity index (χ2n) is 5.86. The molecule has 2 N–H and O–H groups in total. The molecule has 1 aromatic heterocycles. The van der Waals surface area contributed by atoms with Gasteiger partial charge in [0.25, 0.3) is 0 Å². The SMILES string of the molecule is Cl.O=S(=O)(c1ccccc1)c1cc(CO)c2oc3c(c2c1)CNCC3. The van der Waals surface area contributed by atoms with Gasteiger partial charge in [-0.25, -0.2) is 8.42 Å². The van der Waals surface area contributed by atoms with Crippen molar-refractivity contribution in [2.75, 3.05) is 6.54 Å². The highest BCUT2D eigenvalue weighted by atomic mass is 35.5. The van der Waals surface area contributed by atoms with Crippen molar-refractivity contribution in [3.8, 4) is 0 Å². The molecule has 0 fully saturated rings. The number of fused-ring (bicyclic) bond motifs is 3. The molecule has 132 valence electrons. The first-order chi connectivity index (χ1) is 11.6. The molecule has 0 atom stereocenters. The van der Waals surface area contributed by atoms with Crippen molar-refractivity contribution in [1.29, 1.82) is 0 Å². The van der Waals surface area contributed by atoms with E-state index in [2.05, 4.69) is 5.32 Å². The van der Waals surface area contributed by atoms with Gasteiger partial charge in [-0.2, -0.15) is 0 Å². The molecule has 0 unspecified atom stereocenters. The van der Waals surface area contributed by atoms with Gasteiger partial charge in [0.05, 0.1) is 16.4 Å². The van der Waals surface area contributed by atoms with E-state index in [1.165, 1.54) is 6.07 Å². The fourth-order valence-corrected chi connectivity index (χ4v) is 4.52. The van der Waals surface area contributed by atoms with Crippen LogP contribution in [0.15, 0.2) is 56.7 Å². The molecule has 0 saturated heterocycles. The number of halogens is 1. The Morgan fingerprint density at radius 3 is 2.60 bits per heavy atom. The van der Waals surface area contributed by atoms with E-state index < -0.39 is 9.84 Å². The van der Waals surface area contributed by atoms with Crippen molar-refractivity contribution in [2.24, 2.45) is 0 Å². The van der Waals surface area contributed by atoms with Crippen molar-refractivity contribution >= 4 is 33.2 Å². The summed E-state index contributed by atoms with van der Waals surface area (Å²) in [5, 5.41) is 13.7. The van der Waals surface area contributed by atoms with Crippen LogP contribution in [0.5, 0.6) is 0 Å². The zero-order chi connectivity index (χ0) is 16.7. The highest BCUT2D eigenvalue weighted by Gasteiger charge is 2.24. The largest absolute Gasteiger partial charge is 0.460 e. The fraction of sp³-hybridized carbons (Fsp3) is 0.222. The molecule has 25 heavy (non-hydrogen) atoms. The molecule has 0 aliphatic carbocycles. The Bertz CT molecular complexity index is 1010. The van der Waals surface area contributed by atoms with Crippen molar-refractivity contribution in [3.05, 3.63) is 59.4 Å². The lowest BCUT2D eigenvalue weighted by molar-refractivity contribution is 0.281. The fourth-order valence-electron chi connectivity index (χ4n) is 3.16. The van der Waals surface area contributed by atoms with E-state index in [0.717, 1.165) is 29.7 Å². The van der Waals surface area contributed by atoms with Crippen LogP contribution in [0.4, 0.5) is 0 Å². The molecule has 0 saturated carbocycles. The summed E-state index contributed by atoms with van der Waals surface area (Å²) in [4.78, 5) is 0.420. The molecule has 0 radical (unpaired) electrons. The maximum Gasteiger partial charge on any atom is 0.206 e. The quantitative estimate of drug-likeness (QED) is 0.731. The number of sulfone groups is 1. The number of hydrogen-bond donors (Lipinski definition) is 2. The van der Waals surface area contributed by atoms with Crippen LogP contribution in [0, 0.1) is 0 Å². The lowest BCUT2D eigenvalue weighted by Gasteiger charge is -2.11. The van der Waals surface area contributed by atoms with E-state index in [0.29, 0.717) is 17.7 Å². The van der Waals surface area contributed by atoms with Crippen molar-refractivity contribution in [1.82, 2.24) is 5.32 Å². The number of nitrogens with one attached hydrogen (secondary N) is 1. The Kier molecular flexibility index (Phi) is 4.88. The Balaban J connectivity index is 0.00000182. The average Bonchev–Trinajstić information content (AvgIpc) is 3.00. The summed E-state index contributed by atoms with van der Waals surface area (Å²) < 4.78 is 31.7. The number of furan rings is 1. The molecule has 1 aliphatic heterocycles. The zero-order valence-electron chi connectivity index (χ0n) is 13.4. The van der Waals surface area contributed by atoms with Gasteiger partial charge in [0.1, 0.15) is 11.3 Å². The molecular formula is C18H18ClNO4S. The van der Waals surface area contributed by atoms with E-state index in [4.69, 9.17) is 4.42 Å². The summed E-state index contributed by atoms with van der Waals surface area (Å²) in [6, 6.07) is 11.5. The Morgan fingerprint density at radius 1 is 1.12 bits per heavy atom. The Hall–Kier alpha value is -1.86. The van der Waals surface area contributed by atoms with Gasteiger partial charge in [-0.3, -0.25) is 0 Å². The second kappa shape index (κ2) is 6.80. The van der Waals surface area contributed by atoms with E-state index in [9.17, 15) is 13.5 Å². The van der Waals surface area contributed by atoms with Crippen LogP contribution in [-0.4, -0.2) is 20.1 Å². The molecule has 0 amide bonds. The maximum atomic E-state index is 12.9. The van der Waals surface area contributed by atoms with Gasteiger partial charge in [-0.05, 0) is 24.3 Å². The number of hydrogen-bond acceptors (Lipinski definition) is 5. The first-order valence-electron chi connectivity index (χ1n) is 7.80. The normalized spacial score (nSPS) is 14.1. The minimum atomic E-state index is -3.64. The van der Waals surface area contributed by atoms with Crippen LogP contribution in [0.1, 0.15) is 16.9 Å². The van der Waals surface area contributed by atoms with Gasteiger partial charge in [0, 0.05) is 36.0 Å². The third kappa shape index (κ3) is 2.95. The average molecular weight is 380 g/mol. The molecule has 5 nitrogen and oxygen atoms in total. The van der Waals surface area contributed by atoms with Gasteiger partial charge < -0.3 is 14.8 Å². The summed E-state index contributed by atoms with van der Waals surface area (Å²) in [5.74, 6) is 0.868. The van der Waals surface area contributed by atoms with Crippen LogP contribution in [0.25, 0.3) is 11.0 Å². The van der Waals surface area contributed by atoms with E-state index in [1.807, 2.05) is 0 Å². The van der Waals surface area contributed by atoms with Crippen molar-refractivity contribution < 1.29 is 17.9 Å². The Morgan fingerprint density at radius 2 is 1.88 bits per heavy atom. The first-order valence-corrected chi connectivity index (χ1v) is 9.28. The monoisotopic (exact) mass is 379 g/mol. The zero-order valence-corrected chi connectivity index (χ0v) is 15.0. The van der Waals surface area contributed by atoms with Crippen LogP contribution in [0.3, 0.4) is 0 Å². The van der Waals surface area contributed by atoms with Crippen LogP contribution in [0.2, 0.25) is 0 Å². The number of rotatable bonds is 3. The maximum absolute atomic E-state index is 12.9. The summed E-state index contributed by atoms with van der Waals surface area (Å²) in [6.45, 7) is 1.20. The highest BCUT2D eigenvalue weighted by Crippen LogP contribution is 2.34. The molecule has 2 heterocycles. The molecule has 0 spiro atoms. The summed E-state index contributed by atoms with van der Waals surface area (Å²) in [5.41, 5.74) is 2.06. The number of aliphatic hydroxyl groups is 1. The van der Waals surface area contributed by atoms with Crippen LogP contribution >= 0.6 is 12.4 Å². The van der Waals surface area contributed by atoms with Gasteiger partial charge in [-0.15, -0.1) is 12.4 Å². The minimum absolute atomic E-state index is 0. The van der Waals surface area contributed by atoms with Gasteiger partial charge in [0.2, 0.25) is 9.84 Å². The number of aliphatic hydroxyl groups excluding tert-OH is 1. The Labute approximate surface area is 152 Å². The first kappa shape index (κ1) is 17.9. The third-order valence-corrected chi connectivity index (χ3v) is 6.14. The van der Waals surface area contributed by atoms with Crippen molar-refractivity contribution in [2.45, 2.75) is 29.4 Å². The van der Waals surface area contributed by atoms with Crippen molar-refractivity contribution in [3.63, 3.8) is 0 Å². The lowest BCUT2D eigenvalue weighted by Crippen LogP contribution is -2.22. The summed E-state index contributed by atoms with van der Waals surface area (Å²) >= 11 is 0. The predicted octanol–water partition coefficient (Wildman–Crippen LogP) is 2.83. The molecule has 7 heteroatoms. The smallest absolute Gasteiger partial charge is 0.206 e. The van der Waals surface area contributed by atoms with Crippen LogP contribution in [-0.2, 0) is 29.4 Å². The van der Waals surface area contributed by atoms with Gasteiger partial charge in [0.15, 0.2) is 0 Å². The van der Waals surface area contributed by atoms with Gasteiger partial charge >= 0.3 is 0 Å². The molecule has 3 aromatic rings. The molecular weight excluding hydrogens is 362 g/mol. The van der Waals surface area contributed by atoms with E-state index >= 15 is 0 Å². The molecule has 1 aliphatic rings. The molecule has 2 aromatic carbocycles. The summed E-state index contributed by atoms with van der Waals surface area (Å²) in [6.07, 6.45) is 0.760. The van der Waals surface area contributed by atoms with E-state index in [-0.39, 0.29) is 28.8 Å². The standard InChI is InChI=1S/C18H17NO4S.ClH/c20-11-12-8-14(24(21,22)13-4-2-1-3-5-13)9-15-16-10-19-7-6-17(16)23-18(12)15;/h1-5,8-9,19-20H,6-7,10-11H2;1H. The topological polar surface area (TPSA) is 79.5 Å². The lowest BCUT2D eigenvalue weighted by atomic mass is 10.0. The minimum Gasteiger partial charge on any atom is -0.460 e. The molecule has 0 bridgehead atoms.